The molecule has 0 heterocycles. The molecule has 0 radical (unpaired) electrons. The molecule has 0 amide bonds. The van der Waals surface area contributed by atoms with E-state index >= 15 is 0 Å². The van der Waals surface area contributed by atoms with E-state index in [4.69, 9.17) is 28.9 Å². The highest BCUT2D eigenvalue weighted by molar-refractivity contribution is 6.60. The quantitative estimate of drug-likeness (QED) is 0.480. The molecule has 6 nitrogen and oxygen atoms in total. The minimum atomic E-state index is -2.40. The van der Waals surface area contributed by atoms with Gasteiger partial charge in [-0.1, -0.05) is 0 Å². The SMILES string of the molecule is CCO[Si](CCCN)(OCC)OCC.O=CO. The maximum Gasteiger partial charge on any atom is 0.500 e. The molecular formula is C10H25NO5Si. The Morgan fingerprint density at radius 3 is 1.71 bits per heavy atom. The fraction of sp³-hybridized carbons (Fsp3) is 0.900. The highest BCUT2D eigenvalue weighted by Crippen LogP contribution is 2.17. The zero-order valence-corrected chi connectivity index (χ0v) is 12.0. The largest absolute Gasteiger partial charge is 0.500 e. The predicted molar refractivity (Wildman–Crippen MR) is 67.8 cm³/mol. The fourth-order valence-corrected chi connectivity index (χ4v) is 3.96. The van der Waals surface area contributed by atoms with Crippen molar-refractivity contribution in [3.8, 4) is 0 Å². The van der Waals surface area contributed by atoms with Crippen molar-refractivity contribution in [2.75, 3.05) is 26.4 Å². The van der Waals surface area contributed by atoms with Gasteiger partial charge in [0.15, 0.2) is 0 Å². The monoisotopic (exact) mass is 267 g/mol. The summed E-state index contributed by atoms with van der Waals surface area (Å²) in [5.41, 5.74) is 5.48. The summed E-state index contributed by atoms with van der Waals surface area (Å²) < 4.78 is 17.0. The van der Waals surface area contributed by atoms with Gasteiger partial charge >= 0.3 is 8.80 Å². The predicted octanol–water partition coefficient (Wildman–Crippen LogP) is 1.08. The number of carboxylic acid groups (broad SMARTS) is 1. The lowest BCUT2D eigenvalue weighted by Crippen LogP contribution is -2.46. The smallest absolute Gasteiger partial charge is 0.483 e. The van der Waals surface area contributed by atoms with E-state index in [1.807, 2.05) is 20.8 Å². The molecular weight excluding hydrogens is 242 g/mol. The van der Waals surface area contributed by atoms with Crippen LogP contribution < -0.4 is 5.73 Å². The van der Waals surface area contributed by atoms with Crippen LogP contribution in [0.4, 0.5) is 0 Å². The van der Waals surface area contributed by atoms with Gasteiger partial charge in [-0.3, -0.25) is 4.79 Å². The number of rotatable bonds is 9. The zero-order valence-electron chi connectivity index (χ0n) is 11.0. The average molecular weight is 267 g/mol. The number of nitrogens with two attached hydrogens (primary N) is 1. The second kappa shape index (κ2) is 13.6. The van der Waals surface area contributed by atoms with Gasteiger partial charge in [-0.25, -0.2) is 0 Å². The van der Waals surface area contributed by atoms with Gasteiger partial charge in [0.05, 0.1) is 0 Å². The first-order valence-electron chi connectivity index (χ1n) is 5.86. The third-order valence-electron chi connectivity index (χ3n) is 1.78. The molecule has 0 atom stereocenters. The first-order chi connectivity index (χ1) is 8.16. The number of carbonyl (C=O) groups is 1. The normalized spacial score (nSPS) is 10.6. The Hall–Kier alpha value is -0.473. The topological polar surface area (TPSA) is 91.0 Å². The Bertz CT molecular complexity index is 154. The van der Waals surface area contributed by atoms with Crippen molar-refractivity contribution in [2.24, 2.45) is 5.73 Å². The molecule has 0 saturated carbocycles. The molecule has 0 aliphatic carbocycles. The van der Waals surface area contributed by atoms with Crippen molar-refractivity contribution in [2.45, 2.75) is 33.2 Å². The van der Waals surface area contributed by atoms with Gasteiger partial charge in [-0.15, -0.1) is 0 Å². The van der Waals surface area contributed by atoms with Gasteiger partial charge < -0.3 is 24.1 Å². The van der Waals surface area contributed by atoms with Gasteiger partial charge in [0.25, 0.3) is 6.47 Å². The van der Waals surface area contributed by atoms with Crippen LogP contribution in [0.15, 0.2) is 0 Å². The third-order valence-corrected chi connectivity index (χ3v) is 4.93. The van der Waals surface area contributed by atoms with E-state index in [1.165, 1.54) is 0 Å². The van der Waals surface area contributed by atoms with Crippen molar-refractivity contribution in [3.63, 3.8) is 0 Å². The molecule has 3 N–H and O–H groups in total. The van der Waals surface area contributed by atoms with Crippen molar-refractivity contribution in [1.82, 2.24) is 0 Å². The van der Waals surface area contributed by atoms with Gasteiger partial charge in [-0.2, -0.15) is 0 Å². The van der Waals surface area contributed by atoms with Crippen molar-refractivity contribution < 1.29 is 23.2 Å². The number of hydrogen-bond donors (Lipinski definition) is 2. The second-order valence-electron chi connectivity index (χ2n) is 2.98. The summed E-state index contributed by atoms with van der Waals surface area (Å²) >= 11 is 0. The molecule has 0 unspecified atom stereocenters. The van der Waals surface area contributed by atoms with E-state index in [-0.39, 0.29) is 6.47 Å². The third kappa shape index (κ3) is 10.4. The van der Waals surface area contributed by atoms with Gasteiger partial charge in [0.2, 0.25) is 0 Å². The van der Waals surface area contributed by atoms with E-state index in [0.717, 1.165) is 12.5 Å². The molecule has 0 aromatic rings. The Morgan fingerprint density at radius 2 is 1.47 bits per heavy atom. The van der Waals surface area contributed by atoms with Gasteiger partial charge in [0.1, 0.15) is 0 Å². The molecule has 7 heteroatoms. The fourth-order valence-electron chi connectivity index (χ4n) is 1.32. The summed E-state index contributed by atoms with van der Waals surface area (Å²) in [5.74, 6) is 0. The molecule has 0 aromatic heterocycles. The Balaban J connectivity index is 0. The van der Waals surface area contributed by atoms with Crippen molar-refractivity contribution >= 4 is 15.3 Å². The number of hydrogen-bond acceptors (Lipinski definition) is 5. The van der Waals surface area contributed by atoms with E-state index in [2.05, 4.69) is 0 Å². The van der Waals surface area contributed by atoms with Crippen LogP contribution in [0.1, 0.15) is 27.2 Å². The minimum absolute atomic E-state index is 0.250. The van der Waals surface area contributed by atoms with Crippen LogP contribution in [0.25, 0.3) is 0 Å². The summed E-state index contributed by atoms with van der Waals surface area (Å²) in [4.78, 5) is 8.36. The van der Waals surface area contributed by atoms with Crippen LogP contribution in [0.5, 0.6) is 0 Å². The molecule has 0 aliphatic heterocycles. The highest BCUT2D eigenvalue weighted by atomic mass is 28.4. The molecule has 0 fully saturated rings. The highest BCUT2D eigenvalue weighted by Gasteiger charge is 2.39. The van der Waals surface area contributed by atoms with Crippen molar-refractivity contribution in [3.05, 3.63) is 0 Å². The van der Waals surface area contributed by atoms with E-state index in [0.29, 0.717) is 26.4 Å². The van der Waals surface area contributed by atoms with Crippen LogP contribution in [-0.2, 0) is 18.1 Å². The lowest BCUT2D eigenvalue weighted by atomic mass is 10.5. The summed E-state index contributed by atoms with van der Waals surface area (Å²) in [6.07, 6.45) is 0.895. The van der Waals surface area contributed by atoms with Crippen LogP contribution in [0.2, 0.25) is 6.04 Å². The lowest BCUT2D eigenvalue weighted by Gasteiger charge is -2.28. The second-order valence-corrected chi connectivity index (χ2v) is 5.71. The van der Waals surface area contributed by atoms with E-state index < -0.39 is 8.80 Å². The summed E-state index contributed by atoms with van der Waals surface area (Å²) in [7, 11) is -2.40. The van der Waals surface area contributed by atoms with Crippen LogP contribution >= 0.6 is 0 Å². The summed E-state index contributed by atoms with van der Waals surface area (Å²) in [5, 5.41) is 6.89. The average Bonchev–Trinajstić information content (AvgIpc) is 2.29. The molecule has 0 spiro atoms. The van der Waals surface area contributed by atoms with Gasteiger partial charge in [0, 0.05) is 25.9 Å². The van der Waals surface area contributed by atoms with E-state index in [9.17, 15) is 0 Å². The summed E-state index contributed by atoms with van der Waals surface area (Å²) in [6, 6.07) is 0.818. The molecule has 0 aromatic carbocycles. The summed E-state index contributed by atoms with van der Waals surface area (Å²) in [6.45, 7) is 8.19. The molecule has 0 aliphatic rings. The molecule has 104 valence electrons. The van der Waals surface area contributed by atoms with Gasteiger partial charge in [-0.05, 0) is 33.7 Å². The maximum absolute atomic E-state index is 8.36. The Kier molecular flexibility index (Phi) is 15.1. The molecule has 17 heavy (non-hydrogen) atoms. The zero-order chi connectivity index (χ0) is 13.6. The maximum atomic E-state index is 8.36. The molecule has 0 saturated heterocycles. The first-order valence-corrected chi connectivity index (χ1v) is 7.79. The van der Waals surface area contributed by atoms with Crippen molar-refractivity contribution in [1.29, 1.82) is 0 Å². The van der Waals surface area contributed by atoms with Crippen LogP contribution in [0, 0.1) is 0 Å². The van der Waals surface area contributed by atoms with Crippen LogP contribution in [-0.4, -0.2) is 46.7 Å². The Morgan fingerprint density at radius 1 is 1.12 bits per heavy atom. The molecule has 0 bridgehead atoms. The van der Waals surface area contributed by atoms with E-state index in [1.54, 1.807) is 0 Å². The minimum Gasteiger partial charge on any atom is -0.483 e. The van der Waals surface area contributed by atoms with Crippen LogP contribution in [0.3, 0.4) is 0 Å². The standard InChI is InChI=1S/C9H23NO3Si.CH2O2/c1-4-11-14(12-5-2,13-6-3)9-7-8-10;2-1-3/h4-10H2,1-3H3;1H,(H,2,3). The first kappa shape index (κ1) is 18.9. The Labute approximate surface area is 104 Å². The molecule has 0 rings (SSSR count). The lowest BCUT2D eigenvalue weighted by molar-refractivity contribution is -0.122.